The fourth-order valence-electron chi connectivity index (χ4n) is 2.28. The van der Waals surface area contributed by atoms with E-state index in [1.54, 1.807) is 0 Å². The third kappa shape index (κ3) is 4.93. The van der Waals surface area contributed by atoms with Gasteiger partial charge in [0.05, 0.1) is 36.7 Å². The minimum atomic E-state index is -0.795. The number of hydrogen-bond acceptors (Lipinski definition) is 5. The Morgan fingerprint density at radius 1 is 1.36 bits per heavy atom. The monoisotopic (exact) mass is 371 g/mol. The lowest BCUT2D eigenvalue weighted by Crippen LogP contribution is -2.12. The van der Waals surface area contributed by atoms with Crippen molar-refractivity contribution >= 4 is 15.7 Å². The topological polar surface area (TPSA) is 79.4 Å². The highest BCUT2D eigenvalue weighted by Crippen LogP contribution is 2.37. The van der Waals surface area contributed by atoms with Gasteiger partial charge in [0, 0.05) is 0 Å². The van der Waals surface area contributed by atoms with Gasteiger partial charge in [0.2, 0.25) is 0 Å². The van der Waals surface area contributed by atoms with Crippen LogP contribution < -0.4 is 4.74 Å². The van der Waals surface area contributed by atoms with Crippen LogP contribution in [0.2, 0.25) is 0 Å². The highest BCUT2D eigenvalue weighted by molar-refractivity contribution is 8.32. The fourth-order valence-corrected chi connectivity index (χ4v) is 2.90. The van der Waals surface area contributed by atoms with Crippen LogP contribution in [0.15, 0.2) is 24.4 Å². The Hall–Kier alpha value is -2.13. The molecule has 0 atom stereocenters. The zero-order valence-electron chi connectivity index (χ0n) is 14.7. The maximum absolute atomic E-state index is 13.7. The van der Waals surface area contributed by atoms with Crippen LogP contribution in [0.5, 0.6) is 5.75 Å². The maximum Gasteiger partial charge on any atom is 0.315 e. The van der Waals surface area contributed by atoms with Gasteiger partial charge in [0.1, 0.15) is 23.5 Å². The number of methoxy groups -OCH3 is 1. The molecule has 7 nitrogen and oxygen atoms in total. The summed E-state index contributed by atoms with van der Waals surface area (Å²) in [7, 11) is 0.634. The van der Waals surface area contributed by atoms with Crippen molar-refractivity contribution in [2.24, 2.45) is 0 Å². The lowest BCUT2D eigenvalue weighted by molar-refractivity contribution is -0.384. The minimum Gasteiger partial charge on any atom is -0.496 e. The van der Waals surface area contributed by atoms with Gasteiger partial charge in [-0.25, -0.2) is 14.4 Å². The molecule has 2 rings (SSSR count). The van der Waals surface area contributed by atoms with Crippen LogP contribution in [0.4, 0.5) is 10.1 Å². The van der Waals surface area contributed by atoms with Crippen molar-refractivity contribution < 1.29 is 18.8 Å². The van der Waals surface area contributed by atoms with Gasteiger partial charge in [-0.1, -0.05) is 0 Å². The average molecular weight is 371 g/mol. The maximum atomic E-state index is 13.7. The van der Waals surface area contributed by atoms with Crippen LogP contribution in [-0.4, -0.2) is 53.1 Å². The molecule has 0 spiro atoms. The van der Waals surface area contributed by atoms with Crippen LogP contribution in [0.1, 0.15) is 0 Å². The lowest BCUT2D eigenvalue weighted by atomic mass is 10.1. The van der Waals surface area contributed by atoms with Gasteiger partial charge >= 0.3 is 5.69 Å². The van der Waals surface area contributed by atoms with Crippen LogP contribution in [-0.2, 0) is 11.3 Å². The first kappa shape index (κ1) is 19.2. The molecule has 0 aliphatic heterocycles. The molecule has 0 bridgehead atoms. The van der Waals surface area contributed by atoms with E-state index in [2.05, 4.69) is 23.9 Å². The lowest BCUT2D eigenvalue weighted by Gasteiger charge is -2.24. The molecule has 25 heavy (non-hydrogen) atoms. The van der Waals surface area contributed by atoms with E-state index in [4.69, 9.17) is 9.47 Å². The molecule has 0 unspecified atom stereocenters. The number of nitro groups is 1. The molecule has 2 aromatic rings. The van der Waals surface area contributed by atoms with Gasteiger partial charge in [0.25, 0.3) is 0 Å². The summed E-state index contributed by atoms with van der Waals surface area (Å²) in [6, 6.07) is 3.88. The zero-order chi connectivity index (χ0) is 18.6. The van der Waals surface area contributed by atoms with Crippen LogP contribution in [0.25, 0.3) is 11.3 Å². The second-order valence-corrected chi connectivity index (χ2v) is 10.7. The summed E-state index contributed by atoms with van der Waals surface area (Å²) in [5.41, 5.74) is 0.284. The summed E-state index contributed by atoms with van der Waals surface area (Å²) in [5, 5.41) is 15.4. The molecule has 0 saturated carbocycles. The molecule has 138 valence electrons. The SMILES string of the molecule is COc1ccc(F)cc1-c1c([N+](=O)[O-])cnn1CCOCS(C)(C)C. The first-order chi connectivity index (χ1) is 11.7. The first-order valence-electron chi connectivity index (χ1n) is 7.51. The molecule has 1 heterocycles. The van der Waals surface area contributed by atoms with Crippen molar-refractivity contribution in [1.82, 2.24) is 9.78 Å². The van der Waals surface area contributed by atoms with E-state index in [0.29, 0.717) is 24.8 Å². The normalized spacial score (nSPS) is 12.2. The van der Waals surface area contributed by atoms with Crippen molar-refractivity contribution in [3.05, 3.63) is 40.3 Å². The largest absolute Gasteiger partial charge is 0.496 e. The third-order valence-corrected chi connectivity index (χ3v) is 4.19. The molecule has 9 heteroatoms. The van der Waals surface area contributed by atoms with E-state index in [-0.39, 0.29) is 16.9 Å². The Balaban J connectivity index is 2.34. The van der Waals surface area contributed by atoms with E-state index in [1.165, 1.54) is 30.0 Å². The molecule has 0 fully saturated rings. The second kappa shape index (κ2) is 7.83. The Morgan fingerprint density at radius 2 is 2.08 bits per heavy atom. The number of rotatable bonds is 8. The number of hydrogen-bond donors (Lipinski definition) is 0. The summed E-state index contributed by atoms with van der Waals surface area (Å²) >= 11 is 0. The highest BCUT2D eigenvalue weighted by Gasteiger charge is 2.25. The standard InChI is InChI=1S/C16H22FN3O4S/c1-23-15-6-5-12(17)9-13(15)16-14(20(21)22)10-18-19(16)7-8-24-11-25(2,3)4/h5-6,9-10H,7-8,11H2,1-4H3. The van der Waals surface area contributed by atoms with Gasteiger partial charge in [-0.05, 0) is 37.0 Å². The number of benzene rings is 1. The molecule has 1 aromatic heterocycles. The van der Waals surface area contributed by atoms with E-state index < -0.39 is 20.8 Å². The number of nitrogens with zero attached hydrogens (tertiary/aromatic N) is 3. The van der Waals surface area contributed by atoms with Crippen LogP contribution in [0, 0.1) is 15.9 Å². The highest BCUT2D eigenvalue weighted by atomic mass is 32.3. The number of halogens is 1. The van der Waals surface area contributed by atoms with Crippen molar-refractivity contribution in [3.8, 4) is 17.0 Å². The molecule has 0 N–H and O–H groups in total. The second-order valence-electron chi connectivity index (χ2n) is 6.32. The molecule has 0 aliphatic rings. The molecule has 0 amide bonds. The molecule has 1 aromatic carbocycles. The number of ether oxygens (including phenoxy) is 2. The van der Waals surface area contributed by atoms with E-state index in [1.807, 2.05) is 0 Å². The summed E-state index contributed by atoms with van der Waals surface area (Å²) in [4.78, 5) is 10.8. The Kier molecular flexibility index (Phi) is 6.02. The van der Waals surface area contributed by atoms with Crippen molar-refractivity contribution in [2.45, 2.75) is 6.54 Å². The first-order valence-corrected chi connectivity index (χ1v) is 10.5. The van der Waals surface area contributed by atoms with Gasteiger partial charge in [-0.2, -0.15) is 5.10 Å². The molecule has 0 aliphatic carbocycles. The summed E-state index contributed by atoms with van der Waals surface area (Å²) < 4.78 is 26.0. The van der Waals surface area contributed by atoms with Crippen LogP contribution >= 0.6 is 10.0 Å². The summed E-state index contributed by atoms with van der Waals surface area (Å²) in [6.45, 7) is 0.673. The van der Waals surface area contributed by atoms with Crippen molar-refractivity contribution in [2.75, 3.05) is 38.4 Å². The Morgan fingerprint density at radius 3 is 2.68 bits per heavy atom. The smallest absolute Gasteiger partial charge is 0.315 e. The molecular weight excluding hydrogens is 349 g/mol. The van der Waals surface area contributed by atoms with E-state index in [9.17, 15) is 14.5 Å². The van der Waals surface area contributed by atoms with E-state index >= 15 is 0 Å². The average Bonchev–Trinajstić information content (AvgIpc) is 2.94. The van der Waals surface area contributed by atoms with E-state index in [0.717, 1.165) is 6.20 Å². The third-order valence-electron chi connectivity index (χ3n) is 3.32. The molecular formula is C16H22FN3O4S. The predicted octanol–water partition coefficient (Wildman–Crippen LogP) is 3.27. The quantitative estimate of drug-likeness (QED) is 0.404. The van der Waals surface area contributed by atoms with Gasteiger partial charge in [-0.15, -0.1) is 0 Å². The molecule has 0 saturated heterocycles. The van der Waals surface area contributed by atoms with Crippen molar-refractivity contribution in [1.29, 1.82) is 0 Å². The summed E-state index contributed by atoms with van der Waals surface area (Å²) in [6.07, 6.45) is 7.56. The number of aromatic nitrogens is 2. The summed E-state index contributed by atoms with van der Waals surface area (Å²) in [5.74, 6) is 0.464. The van der Waals surface area contributed by atoms with Gasteiger partial charge < -0.3 is 9.47 Å². The minimum absolute atomic E-state index is 0.202. The zero-order valence-corrected chi connectivity index (χ0v) is 15.5. The van der Waals surface area contributed by atoms with Gasteiger partial charge in [-0.3, -0.25) is 14.8 Å². The predicted molar refractivity (Wildman–Crippen MR) is 97.0 cm³/mol. The van der Waals surface area contributed by atoms with Gasteiger partial charge in [0.15, 0.2) is 0 Å². The van der Waals surface area contributed by atoms with Crippen molar-refractivity contribution in [3.63, 3.8) is 0 Å². The van der Waals surface area contributed by atoms with Crippen LogP contribution in [0.3, 0.4) is 0 Å². The fraction of sp³-hybridized carbons (Fsp3) is 0.438. The molecule has 0 radical (unpaired) electrons. The Bertz CT molecular complexity index is 758. The Labute approximate surface area is 147 Å².